The largest absolute Gasteiger partial charge is 0.495 e. The number of likely N-dealkylation sites (N-methyl/N-ethyl adjacent to an activating group) is 1. The molecule has 0 heterocycles. The average molecular weight is 316 g/mol. The lowest BCUT2D eigenvalue weighted by molar-refractivity contribution is -0.118. The van der Waals surface area contributed by atoms with Crippen LogP contribution in [0.3, 0.4) is 0 Å². The van der Waals surface area contributed by atoms with Crippen LogP contribution in [0.5, 0.6) is 5.75 Å². The highest BCUT2D eigenvalue weighted by Gasteiger charge is 2.28. The summed E-state index contributed by atoms with van der Waals surface area (Å²) in [6, 6.07) is 3.38. The third kappa shape index (κ3) is 3.70. The maximum atomic E-state index is 12.5. The van der Waals surface area contributed by atoms with Crippen molar-refractivity contribution in [3.63, 3.8) is 0 Å². The van der Waals surface area contributed by atoms with Gasteiger partial charge in [0, 0.05) is 6.54 Å². The number of benzene rings is 1. The number of methoxy groups -OCH3 is 1. The van der Waals surface area contributed by atoms with Crippen molar-refractivity contribution in [2.45, 2.75) is 11.8 Å². The van der Waals surface area contributed by atoms with Gasteiger partial charge in [-0.05, 0) is 18.2 Å². The predicted molar refractivity (Wildman–Crippen MR) is 73.6 cm³/mol. The van der Waals surface area contributed by atoms with Crippen molar-refractivity contribution in [3.05, 3.63) is 23.8 Å². The number of carboxylic acids is 1. The SMILES string of the molecule is CCN(CC(N)=O)S(=O)(=O)c1ccc(C(=O)O)cc1OC. The van der Waals surface area contributed by atoms with Gasteiger partial charge in [0.2, 0.25) is 15.9 Å². The van der Waals surface area contributed by atoms with Gasteiger partial charge in [-0.25, -0.2) is 13.2 Å². The summed E-state index contributed by atoms with van der Waals surface area (Å²) >= 11 is 0. The molecule has 3 N–H and O–H groups in total. The Kier molecular flexibility index (Phi) is 5.28. The zero-order valence-corrected chi connectivity index (χ0v) is 12.4. The van der Waals surface area contributed by atoms with Gasteiger partial charge in [-0.3, -0.25) is 4.79 Å². The Bertz CT molecular complexity index is 656. The lowest BCUT2D eigenvalue weighted by Gasteiger charge is -2.20. The Balaban J connectivity index is 3.36. The molecule has 1 rings (SSSR count). The number of amides is 1. The van der Waals surface area contributed by atoms with Crippen molar-refractivity contribution in [1.82, 2.24) is 4.31 Å². The van der Waals surface area contributed by atoms with Crippen LogP contribution in [0, 0.1) is 0 Å². The molecule has 1 aromatic carbocycles. The number of carboxylic acid groups (broad SMARTS) is 1. The fourth-order valence-electron chi connectivity index (χ4n) is 1.69. The van der Waals surface area contributed by atoms with Gasteiger partial charge in [-0.2, -0.15) is 4.31 Å². The third-order valence-corrected chi connectivity index (χ3v) is 4.67. The number of rotatable bonds is 7. The van der Waals surface area contributed by atoms with Gasteiger partial charge in [-0.1, -0.05) is 6.92 Å². The number of primary amides is 1. The Morgan fingerprint density at radius 3 is 2.43 bits per heavy atom. The summed E-state index contributed by atoms with van der Waals surface area (Å²) < 4.78 is 30.7. The van der Waals surface area contributed by atoms with Gasteiger partial charge in [0.05, 0.1) is 19.2 Å². The highest BCUT2D eigenvalue weighted by atomic mass is 32.2. The Morgan fingerprint density at radius 2 is 2.00 bits per heavy atom. The first-order chi connectivity index (χ1) is 9.73. The van der Waals surface area contributed by atoms with E-state index in [1.807, 2.05) is 0 Å². The van der Waals surface area contributed by atoms with Crippen molar-refractivity contribution >= 4 is 21.9 Å². The minimum Gasteiger partial charge on any atom is -0.495 e. The number of sulfonamides is 1. The summed E-state index contributed by atoms with van der Waals surface area (Å²) in [6.45, 7) is 1.12. The minimum absolute atomic E-state index is 0.0368. The molecule has 0 fully saturated rings. The molecule has 9 heteroatoms. The van der Waals surface area contributed by atoms with Gasteiger partial charge in [-0.15, -0.1) is 0 Å². The monoisotopic (exact) mass is 316 g/mol. The summed E-state index contributed by atoms with van der Waals surface area (Å²) in [7, 11) is -2.79. The van der Waals surface area contributed by atoms with E-state index in [1.54, 1.807) is 6.92 Å². The predicted octanol–water partition coefficient (Wildman–Crippen LogP) is -0.111. The molecule has 0 bridgehead atoms. The molecule has 1 amide bonds. The normalized spacial score (nSPS) is 11.4. The molecular formula is C12H16N2O6S. The van der Waals surface area contributed by atoms with Crippen LogP contribution in [0.15, 0.2) is 23.1 Å². The van der Waals surface area contributed by atoms with Crippen LogP contribution in [0.1, 0.15) is 17.3 Å². The highest BCUT2D eigenvalue weighted by molar-refractivity contribution is 7.89. The second kappa shape index (κ2) is 6.55. The summed E-state index contributed by atoms with van der Waals surface area (Å²) in [6.07, 6.45) is 0. The Labute approximate surface area is 122 Å². The van der Waals surface area contributed by atoms with Crippen LogP contribution in [0.4, 0.5) is 0 Å². The smallest absolute Gasteiger partial charge is 0.335 e. The lowest BCUT2D eigenvalue weighted by Crippen LogP contribution is -2.38. The van der Waals surface area contributed by atoms with Crippen LogP contribution in [0.25, 0.3) is 0 Å². The summed E-state index contributed by atoms with van der Waals surface area (Å²) in [5.74, 6) is -2.11. The van der Waals surface area contributed by atoms with E-state index in [-0.39, 0.29) is 22.8 Å². The molecule has 1 aromatic rings. The molecule has 0 aliphatic rings. The van der Waals surface area contributed by atoms with Crippen molar-refractivity contribution in [1.29, 1.82) is 0 Å². The van der Waals surface area contributed by atoms with E-state index in [0.717, 1.165) is 22.5 Å². The standard InChI is InChI=1S/C12H16N2O6S/c1-3-14(7-11(13)15)21(18,19)10-5-4-8(12(16)17)6-9(10)20-2/h4-6H,3,7H2,1-2H3,(H2,13,15)(H,16,17). The second-order valence-electron chi connectivity index (χ2n) is 4.07. The maximum absolute atomic E-state index is 12.5. The van der Waals surface area contributed by atoms with Gasteiger partial charge in [0.15, 0.2) is 0 Å². The fraction of sp³-hybridized carbons (Fsp3) is 0.333. The molecule has 8 nitrogen and oxygen atoms in total. The van der Waals surface area contributed by atoms with Crippen LogP contribution in [-0.4, -0.2) is 49.9 Å². The number of carbonyl (C=O) groups excluding carboxylic acids is 1. The maximum Gasteiger partial charge on any atom is 0.335 e. The van der Waals surface area contributed by atoms with Crippen LogP contribution in [-0.2, 0) is 14.8 Å². The van der Waals surface area contributed by atoms with Crippen LogP contribution >= 0.6 is 0 Å². The van der Waals surface area contributed by atoms with Crippen molar-refractivity contribution in [2.75, 3.05) is 20.2 Å². The van der Waals surface area contributed by atoms with E-state index in [2.05, 4.69) is 0 Å². The van der Waals surface area contributed by atoms with Crippen molar-refractivity contribution in [2.24, 2.45) is 5.73 Å². The first-order valence-electron chi connectivity index (χ1n) is 5.93. The quantitative estimate of drug-likeness (QED) is 0.722. The molecule has 0 unspecified atom stereocenters. The number of nitrogens with two attached hydrogens (primary N) is 1. The van der Waals surface area contributed by atoms with Gasteiger partial charge in [0.1, 0.15) is 10.6 Å². The number of hydrogen-bond donors (Lipinski definition) is 2. The highest BCUT2D eigenvalue weighted by Crippen LogP contribution is 2.27. The molecule has 0 aromatic heterocycles. The van der Waals surface area contributed by atoms with Gasteiger partial charge < -0.3 is 15.6 Å². The number of hydrogen-bond acceptors (Lipinski definition) is 5. The third-order valence-electron chi connectivity index (χ3n) is 2.71. The molecule has 0 atom stereocenters. The van der Waals surface area contributed by atoms with E-state index >= 15 is 0 Å². The van der Waals surface area contributed by atoms with E-state index < -0.39 is 28.4 Å². The minimum atomic E-state index is -4.02. The molecule has 116 valence electrons. The summed E-state index contributed by atoms with van der Waals surface area (Å²) in [5, 5.41) is 8.90. The molecule has 21 heavy (non-hydrogen) atoms. The zero-order chi connectivity index (χ0) is 16.2. The van der Waals surface area contributed by atoms with Crippen molar-refractivity contribution < 1.29 is 27.9 Å². The van der Waals surface area contributed by atoms with Gasteiger partial charge in [0.25, 0.3) is 0 Å². The number of ether oxygens (including phenoxy) is 1. The van der Waals surface area contributed by atoms with Gasteiger partial charge >= 0.3 is 5.97 Å². The summed E-state index contributed by atoms with van der Waals surface area (Å²) in [4.78, 5) is 21.6. The molecule has 0 aliphatic heterocycles. The van der Waals surface area contributed by atoms with E-state index in [1.165, 1.54) is 7.11 Å². The number of aromatic carboxylic acids is 1. The topological polar surface area (TPSA) is 127 Å². The first kappa shape index (κ1) is 16.9. The Hall–Kier alpha value is -2.13. The average Bonchev–Trinajstić information content (AvgIpc) is 2.43. The molecular weight excluding hydrogens is 300 g/mol. The molecule has 0 spiro atoms. The number of carbonyl (C=O) groups is 2. The van der Waals surface area contributed by atoms with E-state index in [0.29, 0.717) is 0 Å². The van der Waals surface area contributed by atoms with E-state index in [4.69, 9.17) is 15.6 Å². The second-order valence-corrected chi connectivity index (χ2v) is 5.97. The molecule has 0 saturated carbocycles. The van der Waals surface area contributed by atoms with E-state index in [9.17, 15) is 18.0 Å². The Morgan fingerprint density at radius 1 is 1.38 bits per heavy atom. The van der Waals surface area contributed by atoms with Crippen LogP contribution < -0.4 is 10.5 Å². The van der Waals surface area contributed by atoms with Crippen LogP contribution in [0.2, 0.25) is 0 Å². The molecule has 0 saturated heterocycles. The zero-order valence-electron chi connectivity index (χ0n) is 11.6. The molecule has 0 radical (unpaired) electrons. The fourth-order valence-corrected chi connectivity index (χ4v) is 3.25. The van der Waals surface area contributed by atoms with Crippen molar-refractivity contribution in [3.8, 4) is 5.75 Å². The summed E-state index contributed by atoms with van der Waals surface area (Å²) in [5.41, 5.74) is 4.92. The first-order valence-corrected chi connectivity index (χ1v) is 7.37. The number of nitrogens with zero attached hydrogens (tertiary/aromatic N) is 1. The molecule has 0 aliphatic carbocycles. The lowest BCUT2D eigenvalue weighted by atomic mass is 10.2.